The molecule has 0 heterocycles. The molecule has 106 valence electrons. The number of esters is 2. The third-order valence-electron chi connectivity index (χ3n) is 3.16. The highest BCUT2D eigenvalue weighted by atomic mass is 16.6. The Morgan fingerprint density at radius 3 is 2.42 bits per heavy atom. The lowest BCUT2D eigenvalue weighted by Gasteiger charge is -2.34. The van der Waals surface area contributed by atoms with Crippen molar-refractivity contribution in [1.29, 1.82) is 0 Å². The molecule has 0 aliphatic heterocycles. The van der Waals surface area contributed by atoms with Gasteiger partial charge in [-0.15, -0.1) is 0 Å². The van der Waals surface area contributed by atoms with E-state index in [0.717, 1.165) is 25.7 Å². The van der Waals surface area contributed by atoms with Crippen LogP contribution in [0.3, 0.4) is 0 Å². The number of hydrogen-bond acceptors (Lipinski definition) is 4. The molecule has 0 aromatic heterocycles. The normalized spacial score (nSPS) is 18.0. The molecule has 1 aliphatic rings. The van der Waals surface area contributed by atoms with Crippen LogP contribution in [0, 0.1) is 0 Å². The van der Waals surface area contributed by atoms with Gasteiger partial charge in [-0.1, -0.05) is 19.1 Å². The van der Waals surface area contributed by atoms with Crippen LogP contribution in [0.15, 0.2) is 24.3 Å². The minimum atomic E-state index is -0.569. The Labute approximate surface area is 114 Å². The fourth-order valence-electron chi connectivity index (χ4n) is 2.26. The molecule has 0 unspecified atom stereocenters. The fraction of sp³-hybridized carbons (Fsp3) is 0.600. The molecule has 0 saturated heterocycles. The van der Waals surface area contributed by atoms with E-state index >= 15 is 0 Å². The predicted molar refractivity (Wildman–Crippen MR) is 72.5 cm³/mol. The van der Waals surface area contributed by atoms with Crippen LogP contribution in [0.1, 0.15) is 46.0 Å². The van der Waals surface area contributed by atoms with Gasteiger partial charge in [0.05, 0.1) is 0 Å². The van der Waals surface area contributed by atoms with Gasteiger partial charge in [0.2, 0.25) is 0 Å². The molecule has 4 nitrogen and oxygen atoms in total. The SMILES string of the molecule is C=C(C)C(=O)OCC(=O)OC1(/C=C/C)CCCCC1. The van der Waals surface area contributed by atoms with Gasteiger partial charge < -0.3 is 9.47 Å². The number of rotatable bonds is 5. The van der Waals surface area contributed by atoms with Crippen molar-refractivity contribution >= 4 is 11.9 Å². The topological polar surface area (TPSA) is 52.6 Å². The minimum absolute atomic E-state index is 0.272. The molecule has 1 saturated carbocycles. The number of carbonyl (C=O) groups excluding carboxylic acids is 2. The third kappa shape index (κ3) is 4.89. The first-order valence-electron chi connectivity index (χ1n) is 6.67. The van der Waals surface area contributed by atoms with Crippen LogP contribution in [0.4, 0.5) is 0 Å². The molecule has 0 bridgehead atoms. The number of carbonyl (C=O) groups is 2. The summed E-state index contributed by atoms with van der Waals surface area (Å²) in [4.78, 5) is 23.0. The van der Waals surface area contributed by atoms with E-state index in [0.29, 0.717) is 0 Å². The first kappa shape index (κ1) is 15.5. The lowest BCUT2D eigenvalue weighted by atomic mass is 9.84. The Balaban J connectivity index is 2.52. The average molecular weight is 266 g/mol. The molecular formula is C15H22O4. The standard InChI is InChI=1S/C15H22O4/c1-4-8-15(9-6-5-7-10-15)19-13(16)11-18-14(17)12(2)3/h4,8H,2,5-7,9-11H2,1,3H3/b8-4+. The van der Waals surface area contributed by atoms with Gasteiger partial charge in [-0.3, -0.25) is 0 Å². The van der Waals surface area contributed by atoms with E-state index in [1.54, 1.807) is 0 Å². The van der Waals surface area contributed by atoms with Gasteiger partial charge in [0.15, 0.2) is 6.61 Å². The first-order chi connectivity index (χ1) is 8.99. The summed E-state index contributed by atoms with van der Waals surface area (Å²) in [6.45, 7) is 6.54. The molecule has 4 heteroatoms. The van der Waals surface area contributed by atoms with Gasteiger partial charge in [-0.2, -0.15) is 0 Å². The molecule has 1 aliphatic carbocycles. The van der Waals surface area contributed by atoms with Crippen molar-refractivity contribution in [3.05, 3.63) is 24.3 Å². The van der Waals surface area contributed by atoms with E-state index in [4.69, 9.17) is 9.47 Å². The van der Waals surface area contributed by atoms with Crippen LogP contribution in [-0.2, 0) is 19.1 Å². The molecular weight excluding hydrogens is 244 g/mol. The lowest BCUT2D eigenvalue weighted by Crippen LogP contribution is -2.36. The maximum absolute atomic E-state index is 11.8. The highest BCUT2D eigenvalue weighted by molar-refractivity contribution is 5.88. The summed E-state index contributed by atoms with van der Waals surface area (Å²) in [6, 6.07) is 0. The Bertz CT molecular complexity index is 376. The first-order valence-corrected chi connectivity index (χ1v) is 6.67. The van der Waals surface area contributed by atoms with Gasteiger partial charge >= 0.3 is 11.9 Å². The van der Waals surface area contributed by atoms with Crippen molar-refractivity contribution in [2.45, 2.75) is 51.6 Å². The monoisotopic (exact) mass is 266 g/mol. The van der Waals surface area contributed by atoms with Crippen molar-refractivity contribution in [2.24, 2.45) is 0 Å². The number of hydrogen-bond donors (Lipinski definition) is 0. The molecule has 0 radical (unpaired) electrons. The zero-order valence-electron chi connectivity index (χ0n) is 11.7. The quantitative estimate of drug-likeness (QED) is 0.436. The summed E-state index contributed by atoms with van der Waals surface area (Å²) >= 11 is 0. The third-order valence-corrected chi connectivity index (χ3v) is 3.16. The zero-order valence-corrected chi connectivity index (χ0v) is 11.7. The molecule has 0 aromatic rings. The van der Waals surface area contributed by atoms with Crippen LogP contribution in [0.5, 0.6) is 0 Å². The van der Waals surface area contributed by atoms with E-state index in [1.807, 2.05) is 19.1 Å². The second-order valence-corrected chi connectivity index (χ2v) is 4.96. The molecule has 0 spiro atoms. The summed E-state index contributed by atoms with van der Waals surface area (Å²) in [5.41, 5.74) is -0.242. The number of allylic oxidation sites excluding steroid dienone is 1. The largest absolute Gasteiger partial charge is 0.452 e. The van der Waals surface area contributed by atoms with Crippen molar-refractivity contribution in [2.75, 3.05) is 6.61 Å². The van der Waals surface area contributed by atoms with E-state index < -0.39 is 17.5 Å². The van der Waals surface area contributed by atoms with Crippen LogP contribution in [0.2, 0.25) is 0 Å². The zero-order chi connectivity index (χ0) is 14.3. The fourth-order valence-corrected chi connectivity index (χ4v) is 2.26. The highest BCUT2D eigenvalue weighted by Crippen LogP contribution is 2.33. The predicted octanol–water partition coefficient (Wildman–Crippen LogP) is 2.93. The van der Waals surface area contributed by atoms with Crippen molar-refractivity contribution in [3.8, 4) is 0 Å². The molecule has 0 amide bonds. The van der Waals surface area contributed by atoms with E-state index in [2.05, 4.69) is 6.58 Å². The van der Waals surface area contributed by atoms with Gasteiger partial charge in [0.1, 0.15) is 5.60 Å². The summed E-state index contributed by atoms with van der Waals surface area (Å²) in [5.74, 6) is -1.07. The Morgan fingerprint density at radius 2 is 1.89 bits per heavy atom. The molecule has 19 heavy (non-hydrogen) atoms. The molecule has 1 rings (SSSR count). The lowest BCUT2D eigenvalue weighted by molar-refractivity contribution is -0.167. The Kier molecular flexibility index (Phi) is 5.80. The summed E-state index contributed by atoms with van der Waals surface area (Å²) < 4.78 is 10.3. The second kappa shape index (κ2) is 7.12. The van der Waals surface area contributed by atoms with E-state index in [9.17, 15) is 9.59 Å². The van der Waals surface area contributed by atoms with E-state index in [1.165, 1.54) is 13.3 Å². The van der Waals surface area contributed by atoms with Crippen LogP contribution in [0.25, 0.3) is 0 Å². The molecule has 1 fully saturated rings. The minimum Gasteiger partial charge on any atom is -0.452 e. The maximum atomic E-state index is 11.8. The Morgan fingerprint density at radius 1 is 1.26 bits per heavy atom. The Hall–Kier alpha value is -1.58. The van der Waals surface area contributed by atoms with E-state index in [-0.39, 0.29) is 12.2 Å². The second-order valence-electron chi connectivity index (χ2n) is 4.96. The molecule has 0 N–H and O–H groups in total. The average Bonchev–Trinajstić information content (AvgIpc) is 2.37. The summed E-state index contributed by atoms with van der Waals surface area (Å²) in [6.07, 6.45) is 8.76. The van der Waals surface area contributed by atoms with Crippen LogP contribution < -0.4 is 0 Å². The molecule has 0 atom stereocenters. The smallest absolute Gasteiger partial charge is 0.345 e. The van der Waals surface area contributed by atoms with Crippen molar-refractivity contribution in [1.82, 2.24) is 0 Å². The van der Waals surface area contributed by atoms with Crippen molar-refractivity contribution < 1.29 is 19.1 Å². The van der Waals surface area contributed by atoms with Crippen LogP contribution in [-0.4, -0.2) is 24.1 Å². The molecule has 0 aromatic carbocycles. The van der Waals surface area contributed by atoms with Crippen LogP contribution >= 0.6 is 0 Å². The van der Waals surface area contributed by atoms with Crippen molar-refractivity contribution in [3.63, 3.8) is 0 Å². The summed E-state index contributed by atoms with van der Waals surface area (Å²) in [5, 5.41) is 0. The number of ether oxygens (including phenoxy) is 2. The van der Waals surface area contributed by atoms with Gasteiger partial charge in [-0.05, 0) is 45.6 Å². The maximum Gasteiger partial charge on any atom is 0.345 e. The highest BCUT2D eigenvalue weighted by Gasteiger charge is 2.33. The summed E-state index contributed by atoms with van der Waals surface area (Å²) in [7, 11) is 0. The van der Waals surface area contributed by atoms with Gasteiger partial charge in [-0.25, -0.2) is 9.59 Å². The van der Waals surface area contributed by atoms with Gasteiger partial charge in [0, 0.05) is 5.57 Å². The van der Waals surface area contributed by atoms with Gasteiger partial charge in [0.25, 0.3) is 0 Å².